The molecule has 0 spiro atoms. The lowest BCUT2D eigenvalue weighted by molar-refractivity contribution is -0.145. The highest BCUT2D eigenvalue weighted by molar-refractivity contribution is 6.04. The van der Waals surface area contributed by atoms with Crippen molar-refractivity contribution in [2.45, 2.75) is 105 Å². The smallest absolute Gasteiger partial charge is 0.410 e. The zero-order valence-electron chi connectivity index (χ0n) is 52.6. The number of ether oxygens (including phenoxy) is 4. The van der Waals surface area contributed by atoms with Crippen molar-refractivity contribution in [2.24, 2.45) is 0 Å². The van der Waals surface area contributed by atoms with Crippen molar-refractivity contribution in [3.63, 3.8) is 0 Å². The molecule has 18 heteroatoms. The third-order valence-electron chi connectivity index (χ3n) is 15.1. The van der Waals surface area contributed by atoms with Crippen LogP contribution >= 0.6 is 0 Å². The van der Waals surface area contributed by atoms with Gasteiger partial charge in [-0.15, -0.1) is 0 Å². The molecule has 2 atom stereocenters. The quantitative estimate of drug-likeness (QED) is 0.0659. The molecule has 10 rings (SSSR count). The van der Waals surface area contributed by atoms with E-state index in [2.05, 4.69) is 0 Å². The second-order valence-electron chi connectivity index (χ2n) is 24.1. The van der Waals surface area contributed by atoms with Crippen molar-refractivity contribution >= 4 is 35.9 Å². The van der Waals surface area contributed by atoms with Crippen molar-refractivity contribution in [1.29, 1.82) is 0 Å². The summed E-state index contributed by atoms with van der Waals surface area (Å²) in [6.45, 7) is 16.5. The van der Waals surface area contributed by atoms with Gasteiger partial charge in [0, 0.05) is 61.5 Å². The van der Waals surface area contributed by atoms with E-state index >= 15 is 0 Å². The molecule has 0 aliphatic carbocycles. The number of nitrogens with zero attached hydrogens (tertiary/aromatic N) is 8. The Bertz CT molecular complexity index is 3680. The van der Waals surface area contributed by atoms with Crippen LogP contribution in [0.15, 0.2) is 182 Å². The van der Waals surface area contributed by atoms with Gasteiger partial charge in [0.1, 0.15) is 35.7 Å². The first-order valence-corrected chi connectivity index (χ1v) is 30.7. The number of hydrogen-bond donors (Lipinski definition) is 0. The van der Waals surface area contributed by atoms with Crippen LogP contribution in [0.25, 0.3) is 44.8 Å². The van der Waals surface area contributed by atoms with E-state index in [1.54, 1.807) is 28.3 Å². The van der Waals surface area contributed by atoms with Crippen LogP contribution in [0.2, 0.25) is 0 Å². The standard InChI is InChI=1S/2C36H40N4O5/c1-5-44-30(41)25-40-33(28-19-13-8-14-20-28)31(27-17-11-7-12-18-27)32(37-40)34(42)39-22-21-38(35(43)45-36(2,3)4)24-29(39)23-26-15-9-6-10-16-26;1-5-44-30(41)25-40-33(31(27-17-11-7-12-18-27)32(37-40)28-19-13-8-14-20-28)34(42)39-22-21-38(35(43)45-36(2,3)4)24-29(39)23-26-15-9-6-10-16-26/h2*6-20,29H,5,21-25H2,1-4H3/t2*29-/m11/s1. The third-order valence-corrected chi connectivity index (χ3v) is 15.1. The number of esters is 2. The fourth-order valence-electron chi connectivity index (χ4n) is 11.2. The molecular weight excluding hydrogens is 1140 g/mol. The molecule has 90 heavy (non-hydrogen) atoms. The third kappa shape index (κ3) is 16.5. The van der Waals surface area contributed by atoms with Crippen LogP contribution in [0.1, 0.15) is 87.5 Å². The fraction of sp³-hybridized carbons (Fsp3) is 0.333. The molecule has 0 bridgehead atoms. The lowest BCUT2D eigenvalue weighted by Gasteiger charge is -2.42. The van der Waals surface area contributed by atoms with E-state index in [1.165, 1.54) is 4.68 Å². The van der Waals surface area contributed by atoms with Gasteiger partial charge in [0.2, 0.25) is 0 Å². The van der Waals surface area contributed by atoms with E-state index < -0.39 is 35.3 Å². The Morgan fingerprint density at radius 3 is 1.24 bits per heavy atom. The number of benzene rings is 6. The minimum absolute atomic E-state index is 0.148. The summed E-state index contributed by atoms with van der Waals surface area (Å²) < 4.78 is 25.0. The first-order chi connectivity index (χ1) is 43.3. The first kappa shape index (κ1) is 64.6. The number of amides is 4. The van der Waals surface area contributed by atoms with Crippen molar-refractivity contribution in [2.75, 3.05) is 52.5 Å². The van der Waals surface area contributed by atoms with Crippen molar-refractivity contribution in [3.05, 3.63) is 205 Å². The number of carbonyl (C=O) groups excluding carboxylic acids is 6. The van der Waals surface area contributed by atoms with E-state index in [4.69, 9.17) is 29.1 Å². The zero-order valence-corrected chi connectivity index (χ0v) is 52.6. The molecule has 2 saturated heterocycles. The summed E-state index contributed by atoms with van der Waals surface area (Å²) >= 11 is 0. The predicted molar refractivity (Wildman–Crippen MR) is 345 cm³/mol. The highest BCUT2D eigenvalue weighted by Gasteiger charge is 2.40. The molecule has 2 aromatic heterocycles. The van der Waals surface area contributed by atoms with Crippen LogP contribution in [-0.2, 0) is 54.5 Å². The molecule has 4 amide bonds. The van der Waals surface area contributed by atoms with Gasteiger partial charge in [0.05, 0.1) is 31.0 Å². The van der Waals surface area contributed by atoms with Crippen LogP contribution < -0.4 is 0 Å². The average molecular weight is 1220 g/mol. The van der Waals surface area contributed by atoms with E-state index in [1.807, 2.05) is 233 Å². The van der Waals surface area contributed by atoms with Crippen molar-refractivity contribution in [3.8, 4) is 44.8 Å². The minimum atomic E-state index is -0.642. The van der Waals surface area contributed by atoms with Gasteiger partial charge in [-0.2, -0.15) is 10.2 Å². The normalized spacial score (nSPS) is 15.1. The maximum Gasteiger partial charge on any atom is 0.410 e. The van der Waals surface area contributed by atoms with Gasteiger partial charge in [-0.1, -0.05) is 182 Å². The average Bonchev–Trinajstić information content (AvgIpc) is 1.59. The Labute approximate surface area is 526 Å². The molecule has 2 aliphatic rings. The summed E-state index contributed by atoms with van der Waals surface area (Å²) in [6.07, 6.45) is 0.269. The van der Waals surface area contributed by atoms with E-state index in [-0.39, 0.29) is 62.4 Å². The molecule has 0 N–H and O–H groups in total. The van der Waals surface area contributed by atoms with Gasteiger partial charge in [0.25, 0.3) is 11.8 Å². The summed E-state index contributed by atoms with van der Waals surface area (Å²) in [5.41, 5.74) is 7.16. The zero-order chi connectivity index (χ0) is 64.0. The lowest BCUT2D eigenvalue weighted by atomic mass is 9.97. The van der Waals surface area contributed by atoms with Gasteiger partial charge >= 0.3 is 24.1 Å². The highest BCUT2D eigenvalue weighted by Crippen LogP contribution is 2.39. The number of hydrogen-bond acceptors (Lipinski definition) is 12. The molecule has 18 nitrogen and oxygen atoms in total. The highest BCUT2D eigenvalue weighted by atomic mass is 16.6. The molecule has 0 radical (unpaired) electrons. The SMILES string of the molecule is CCOC(=O)Cn1nc(-c2ccccc2)c(-c2ccccc2)c1C(=O)N1CCN(C(=O)OC(C)(C)C)C[C@H]1Cc1ccccc1.CCOC(=O)Cn1nc(C(=O)N2CCN(C(=O)OC(C)(C)C)C[C@H]2Cc2ccccc2)c(-c2ccccc2)c1-c1ccccc1. The van der Waals surface area contributed by atoms with Crippen LogP contribution in [-0.4, -0.2) is 151 Å². The summed E-state index contributed by atoms with van der Waals surface area (Å²) in [6, 6.07) is 57.7. The van der Waals surface area contributed by atoms with Crippen LogP contribution in [0.5, 0.6) is 0 Å². The summed E-state index contributed by atoms with van der Waals surface area (Å²) in [7, 11) is 0. The summed E-state index contributed by atoms with van der Waals surface area (Å²) in [4.78, 5) is 88.4. The summed E-state index contributed by atoms with van der Waals surface area (Å²) in [5, 5.41) is 9.69. The number of piperazine rings is 2. The Hall–Kier alpha value is -9.84. The van der Waals surface area contributed by atoms with Crippen LogP contribution in [0.4, 0.5) is 9.59 Å². The molecule has 468 valence electrons. The molecule has 0 saturated carbocycles. The maximum atomic E-state index is 14.9. The van der Waals surface area contributed by atoms with E-state index in [0.717, 1.165) is 33.4 Å². The number of aromatic nitrogens is 4. The molecule has 6 aromatic carbocycles. The monoisotopic (exact) mass is 1220 g/mol. The van der Waals surface area contributed by atoms with Crippen LogP contribution in [0.3, 0.4) is 0 Å². The molecule has 4 heterocycles. The largest absolute Gasteiger partial charge is 0.465 e. The molecule has 2 fully saturated rings. The Morgan fingerprint density at radius 1 is 0.444 bits per heavy atom. The lowest BCUT2D eigenvalue weighted by Crippen LogP contribution is -2.58. The Kier molecular flexibility index (Phi) is 21.1. The van der Waals surface area contributed by atoms with E-state index in [0.29, 0.717) is 73.8 Å². The second kappa shape index (κ2) is 29.4. The van der Waals surface area contributed by atoms with Gasteiger partial charge in [0.15, 0.2) is 5.69 Å². The number of rotatable bonds is 16. The van der Waals surface area contributed by atoms with Gasteiger partial charge in [-0.25, -0.2) is 14.3 Å². The van der Waals surface area contributed by atoms with Gasteiger partial charge in [-0.3, -0.25) is 23.9 Å². The van der Waals surface area contributed by atoms with E-state index in [9.17, 15) is 28.8 Å². The molecule has 0 unspecified atom stereocenters. The summed E-state index contributed by atoms with van der Waals surface area (Å²) in [5.74, 6) is -1.46. The van der Waals surface area contributed by atoms with Crippen molar-refractivity contribution in [1.82, 2.24) is 39.2 Å². The minimum Gasteiger partial charge on any atom is -0.465 e. The number of carbonyl (C=O) groups is 6. The first-order valence-electron chi connectivity index (χ1n) is 30.7. The Morgan fingerprint density at radius 2 is 0.822 bits per heavy atom. The van der Waals surface area contributed by atoms with Crippen molar-refractivity contribution < 1.29 is 47.7 Å². The van der Waals surface area contributed by atoms with Gasteiger partial charge in [-0.05, 0) is 90.5 Å². The Balaban J connectivity index is 0.000000213. The fourth-order valence-corrected chi connectivity index (χ4v) is 11.2. The predicted octanol–water partition coefficient (Wildman–Crippen LogP) is 12.2. The molecule has 8 aromatic rings. The molecule has 2 aliphatic heterocycles. The molecular formula is C72H80N8O10. The van der Waals surface area contributed by atoms with Crippen LogP contribution in [0, 0.1) is 0 Å². The maximum absolute atomic E-state index is 14.9. The second-order valence-corrected chi connectivity index (χ2v) is 24.1. The topological polar surface area (TPSA) is 188 Å². The van der Waals surface area contributed by atoms with Gasteiger partial charge < -0.3 is 38.5 Å².